The van der Waals surface area contributed by atoms with Crippen LogP contribution >= 0.6 is 0 Å². The van der Waals surface area contributed by atoms with E-state index < -0.39 is 6.10 Å². The molecule has 1 aromatic rings. The largest absolute Gasteiger partial charge is 0.388 e. The number of aliphatic hydroxyl groups excluding tert-OH is 1. The van der Waals surface area contributed by atoms with E-state index in [4.69, 9.17) is 4.74 Å². The molecule has 0 spiro atoms. The Balaban J connectivity index is 2.07. The lowest BCUT2D eigenvalue weighted by atomic mass is 10.1. The van der Waals surface area contributed by atoms with Gasteiger partial charge in [0.05, 0.1) is 25.4 Å². The predicted octanol–water partition coefficient (Wildman–Crippen LogP) is 1.31. The fourth-order valence-corrected chi connectivity index (χ4v) is 1.63. The molecule has 0 bridgehead atoms. The van der Waals surface area contributed by atoms with Crippen LogP contribution in [0.1, 0.15) is 5.56 Å². The lowest BCUT2D eigenvalue weighted by molar-refractivity contribution is 0.125. The average molecular weight is 211 g/mol. The van der Waals surface area contributed by atoms with Crippen molar-refractivity contribution in [2.75, 3.05) is 18.5 Å². The van der Waals surface area contributed by atoms with Crippen LogP contribution in [-0.2, 0) is 4.74 Å². The summed E-state index contributed by atoms with van der Waals surface area (Å²) in [6.07, 6.45) is -0.490. The van der Waals surface area contributed by atoms with E-state index in [9.17, 15) is 9.50 Å². The molecule has 1 heterocycles. The fourth-order valence-electron chi connectivity index (χ4n) is 1.63. The highest BCUT2D eigenvalue weighted by atomic mass is 19.1. The zero-order chi connectivity index (χ0) is 10.8. The minimum absolute atomic E-state index is 0.102. The third kappa shape index (κ3) is 2.27. The van der Waals surface area contributed by atoms with Crippen LogP contribution in [0, 0.1) is 12.7 Å². The molecule has 82 valence electrons. The molecule has 0 amide bonds. The molecule has 0 aliphatic carbocycles. The van der Waals surface area contributed by atoms with E-state index in [1.807, 2.05) is 0 Å². The summed E-state index contributed by atoms with van der Waals surface area (Å²) in [4.78, 5) is 0. The second-order valence-electron chi connectivity index (χ2n) is 3.82. The third-order valence-corrected chi connectivity index (χ3v) is 2.56. The Morgan fingerprint density at radius 1 is 1.47 bits per heavy atom. The second-order valence-corrected chi connectivity index (χ2v) is 3.82. The van der Waals surface area contributed by atoms with Crippen LogP contribution in [0.25, 0.3) is 0 Å². The van der Waals surface area contributed by atoms with Crippen molar-refractivity contribution in [1.82, 2.24) is 0 Å². The van der Waals surface area contributed by atoms with Gasteiger partial charge in [-0.25, -0.2) is 4.39 Å². The van der Waals surface area contributed by atoms with E-state index in [1.165, 1.54) is 6.07 Å². The predicted molar refractivity (Wildman–Crippen MR) is 55.4 cm³/mol. The van der Waals surface area contributed by atoms with Gasteiger partial charge in [0.25, 0.3) is 0 Å². The van der Waals surface area contributed by atoms with Crippen molar-refractivity contribution in [3.8, 4) is 0 Å². The number of anilines is 1. The monoisotopic (exact) mass is 211 g/mol. The van der Waals surface area contributed by atoms with E-state index in [0.29, 0.717) is 18.8 Å². The van der Waals surface area contributed by atoms with Crippen LogP contribution in [0.4, 0.5) is 10.1 Å². The number of benzene rings is 1. The summed E-state index contributed by atoms with van der Waals surface area (Å²) in [5.74, 6) is -0.219. The van der Waals surface area contributed by atoms with Crippen LogP contribution in [-0.4, -0.2) is 30.5 Å². The molecule has 1 saturated heterocycles. The van der Waals surface area contributed by atoms with Crippen molar-refractivity contribution >= 4 is 5.69 Å². The first kappa shape index (κ1) is 10.4. The summed E-state index contributed by atoms with van der Waals surface area (Å²) < 4.78 is 18.1. The number of rotatable bonds is 2. The van der Waals surface area contributed by atoms with Gasteiger partial charge in [-0.05, 0) is 30.7 Å². The maximum atomic E-state index is 13.0. The molecule has 0 saturated carbocycles. The molecule has 1 aliphatic heterocycles. The summed E-state index contributed by atoms with van der Waals surface area (Å²) in [7, 11) is 0. The van der Waals surface area contributed by atoms with Crippen molar-refractivity contribution in [1.29, 1.82) is 0 Å². The van der Waals surface area contributed by atoms with Gasteiger partial charge in [0, 0.05) is 5.69 Å². The summed E-state index contributed by atoms with van der Waals surface area (Å²) in [6.45, 7) is 2.55. The van der Waals surface area contributed by atoms with E-state index in [1.54, 1.807) is 19.1 Å². The van der Waals surface area contributed by atoms with Gasteiger partial charge < -0.3 is 15.2 Å². The molecule has 1 aromatic carbocycles. The highest BCUT2D eigenvalue weighted by molar-refractivity contribution is 5.47. The topological polar surface area (TPSA) is 41.5 Å². The van der Waals surface area contributed by atoms with Gasteiger partial charge in [-0.3, -0.25) is 0 Å². The summed E-state index contributed by atoms with van der Waals surface area (Å²) in [5, 5.41) is 12.6. The first-order chi connectivity index (χ1) is 7.16. The number of hydrogen-bond acceptors (Lipinski definition) is 3. The minimum Gasteiger partial charge on any atom is -0.388 e. The first-order valence-electron chi connectivity index (χ1n) is 4.95. The average Bonchev–Trinajstić information content (AvgIpc) is 2.59. The maximum Gasteiger partial charge on any atom is 0.126 e. The molecule has 2 atom stereocenters. The number of hydrogen-bond donors (Lipinski definition) is 2. The van der Waals surface area contributed by atoms with Crippen molar-refractivity contribution in [3.05, 3.63) is 29.6 Å². The fraction of sp³-hybridized carbons (Fsp3) is 0.455. The zero-order valence-electron chi connectivity index (χ0n) is 8.53. The summed E-state index contributed by atoms with van der Waals surface area (Å²) >= 11 is 0. The van der Waals surface area contributed by atoms with Crippen LogP contribution in [0.5, 0.6) is 0 Å². The Hall–Kier alpha value is -1.13. The number of nitrogens with one attached hydrogen (secondary N) is 1. The number of halogens is 1. The number of ether oxygens (including phenoxy) is 1. The molecule has 2 N–H and O–H groups in total. The standard InChI is InChI=1S/C11H14FNO2/c1-7-4-8(2-3-9(7)12)13-10-5-15-6-11(10)14/h2-4,10-11,13-14H,5-6H2,1H3. The molecule has 0 radical (unpaired) electrons. The molecular weight excluding hydrogens is 197 g/mol. The van der Waals surface area contributed by atoms with Crippen molar-refractivity contribution in [2.24, 2.45) is 0 Å². The van der Waals surface area contributed by atoms with Crippen LogP contribution in [0.3, 0.4) is 0 Å². The van der Waals surface area contributed by atoms with Gasteiger partial charge in [-0.1, -0.05) is 0 Å². The SMILES string of the molecule is Cc1cc(NC2COCC2O)ccc1F. The highest BCUT2D eigenvalue weighted by Gasteiger charge is 2.25. The van der Waals surface area contributed by atoms with Crippen molar-refractivity contribution < 1.29 is 14.2 Å². The molecule has 15 heavy (non-hydrogen) atoms. The van der Waals surface area contributed by atoms with Crippen LogP contribution in [0.2, 0.25) is 0 Å². The molecule has 4 heteroatoms. The van der Waals surface area contributed by atoms with Crippen molar-refractivity contribution in [3.63, 3.8) is 0 Å². The number of aliphatic hydroxyl groups is 1. The summed E-state index contributed by atoms with van der Waals surface area (Å²) in [6, 6.07) is 4.70. The molecule has 0 aromatic heterocycles. The van der Waals surface area contributed by atoms with Gasteiger partial charge in [0.2, 0.25) is 0 Å². The Morgan fingerprint density at radius 3 is 2.87 bits per heavy atom. The summed E-state index contributed by atoms with van der Waals surface area (Å²) in [5.41, 5.74) is 1.40. The van der Waals surface area contributed by atoms with Gasteiger partial charge in [0.1, 0.15) is 5.82 Å². The Bertz CT molecular complexity index is 356. The Labute approximate surface area is 87.9 Å². The van der Waals surface area contributed by atoms with Crippen LogP contribution < -0.4 is 5.32 Å². The van der Waals surface area contributed by atoms with Gasteiger partial charge in [-0.15, -0.1) is 0 Å². The molecule has 1 fully saturated rings. The van der Waals surface area contributed by atoms with E-state index in [0.717, 1.165) is 5.69 Å². The van der Waals surface area contributed by atoms with Crippen LogP contribution in [0.15, 0.2) is 18.2 Å². The Morgan fingerprint density at radius 2 is 2.27 bits per heavy atom. The van der Waals surface area contributed by atoms with E-state index >= 15 is 0 Å². The lowest BCUT2D eigenvalue weighted by Gasteiger charge is -2.16. The Kier molecular flexibility index (Phi) is 2.88. The number of aryl methyl sites for hydroxylation is 1. The normalized spacial score (nSPS) is 25.5. The molecule has 2 unspecified atom stereocenters. The molecular formula is C11H14FNO2. The van der Waals surface area contributed by atoms with E-state index in [-0.39, 0.29) is 11.9 Å². The zero-order valence-corrected chi connectivity index (χ0v) is 8.53. The van der Waals surface area contributed by atoms with Gasteiger partial charge >= 0.3 is 0 Å². The maximum absolute atomic E-state index is 13.0. The molecule has 3 nitrogen and oxygen atoms in total. The van der Waals surface area contributed by atoms with Gasteiger partial charge in [-0.2, -0.15) is 0 Å². The highest BCUT2D eigenvalue weighted by Crippen LogP contribution is 2.17. The quantitative estimate of drug-likeness (QED) is 0.775. The van der Waals surface area contributed by atoms with Gasteiger partial charge in [0.15, 0.2) is 0 Å². The van der Waals surface area contributed by atoms with E-state index in [2.05, 4.69) is 5.32 Å². The second kappa shape index (κ2) is 4.16. The lowest BCUT2D eigenvalue weighted by Crippen LogP contribution is -2.31. The molecule has 1 aliphatic rings. The molecule has 2 rings (SSSR count). The van der Waals surface area contributed by atoms with Crippen molar-refractivity contribution in [2.45, 2.75) is 19.1 Å². The smallest absolute Gasteiger partial charge is 0.126 e. The first-order valence-corrected chi connectivity index (χ1v) is 4.95. The third-order valence-electron chi connectivity index (χ3n) is 2.56. The minimum atomic E-state index is -0.490.